The Morgan fingerprint density at radius 3 is 1.95 bits per heavy atom. The van der Waals surface area contributed by atoms with E-state index in [0.717, 1.165) is 12.2 Å². The molecule has 0 aromatic heterocycles. The lowest BCUT2D eigenvalue weighted by atomic mass is 9.97. The molecule has 7 nitrogen and oxygen atoms in total. The molecule has 21 heavy (non-hydrogen) atoms. The average molecular weight is 300 g/mol. The summed E-state index contributed by atoms with van der Waals surface area (Å²) in [6.45, 7) is 6.43. The molecule has 0 amide bonds. The largest absolute Gasteiger partial charge is 0.463 e. The zero-order valence-corrected chi connectivity index (χ0v) is 12.6. The molecule has 0 spiro atoms. The number of esters is 4. The molecule has 0 saturated heterocycles. The summed E-state index contributed by atoms with van der Waals surface area (Å²) in [5.74, 6) is -2.89. The van der Waals surface area contributed by atoms with Crippen LogP contribution in [0.2, 0.25) is 0 Å². The fourth-order valence-electron chi connectivity index (χ4n) is 0.917. The van der Waals surface area contributed by atoms with Crippen LogP contribution in [-0.2, 0) is 33.4 Å². The fraction of sp³-hybridized carbons (Fsp3) is 0.571. The third kappa shape index (κ3) is 9.37. The Morgan fingerprint density at radius 1 is 0.952 bits per heavy atom. The third-order valence-corrected chi connectivity index (χ3v) is 2.01. The molecule has 0 aromatic rings. The normalized spacial score (nSPS) is 11.0. The first-order valence-corrected chi connectivity index (χ1v) is 6.43. The predicted molar refractivity (Wildman–Crippen MR) is 71.9 cm³/mol. The first-order valence-electron chi connectivity index (χ1n) is 6.43. The molecule has 0 atom stereocenters. The summed E-state index contributed by atoms with van der Waals surface area (Å²) in [6.07, 6.45) is 1.57. The lowest BCUT2D eigenvalue weighted by Crippen LogP contribution is -2.26. The maximum atomic E-state index is 11.4. The van der Waals surface area contributed by atoms with Gasteiger partial charge in [0.1, 0.15) is 6.61 Å². The van der Waals surface area contributed by atoms with Crippen LogP contribution in [-0.4, -0.2) is 37.1 Å². The second-order valence-corrected chi connectivity index (χ2v) is 5.01. The summed E-state index contributed by atoms with van der Waals surface area (Å²) >= 11 is 0. The Morgan fingerprint density at radius 2 is 1.48 bits per heavy atom. The number of ether oxygens (including phenoxy) is 3. The van der Waals surface area contributed by atoms with Crippen molar-refractivity contribution in [2.45, 2.75) is 34.1 Å². The second kappa shape index (κ2) is 8.89. The van der Waals surface area contributed by atoms with E-state index >= 15 is 0 Å². The van der Waals surface area contributed by atoms with Crippen LogP contribution in [0.3, 0.4) is 0 Å². The maximum Gasteiger partial charge on any atom is 0.331 e. The minimum Gasteiger partial charge on any atom is -0.463 e. The van der Waals surface area contributed by atoms with Gasteiger partial charge in [0.2, 0.25) is 0 Å². The Kier molecular flexibility index (Phi) is 7.96. The monoisotopic (exact) mass is 300 g/mol. The van der Waals surface area contributed by atoms with Crippen molar-refractivity contribution in [2.24, 2.45) is 5.41 Å². The van der Waals surface area contributed by atoms with Gasteiger partial charge >= 0.3 is 23.9 Å². The van der Waals surface area contributed by atoms with Crippen LogP contribution in [0, 0.1) is 5.41 Å². The van der Waals surface area contributed by atoms with E-state index in [-0.39, 0.29) is 19.6 Å². The molecule has 0 heterocycles. The topological polar surface area (TPSA) is 96.0 Å². The second-order valence-electron chi connectivity index (χ2n) is 5.01. The van der Waals surface area contributed by atoms with E-state index < -0.39 is 29.3 Å². The van der Waals surface area contributed by atoms with Crippen molar-refractivity contribution in [1.82, 2.24) is 0 Å². The van der Waals surface area contributed by atoms with Crippen molar-refractivity contribution in [3.63, 3.8) is 0 Å². The van der Waals surface area contributed by atoms with Crippen LogP contribution in [0.4, 0.5) is 0 Å². The van der Waals surface area contributed by atoms with Crippen molar-refractivity contribution >= 4 is 23.9 Å². The smallest absolute Gasteiger partial charge is 0.331 e. The minimum absolute atomic E-state index is 0.200. The van der Waals surface area contributed by atoms with Crippen molar-refractivity contribution in [3.8, 4) is 0 Å². The number of rotatable bonds is 6. The molecule has 0 fully saturated rings. The van der Waals surface area contributed by atoms with Gasteiger partial charge in [0.25, 0.3) is 0 Å². The van der Waals surface area contributed by atoms with Gasteiger partial charge in [0.15, 0.2) is 0 Å². The van der Waals surface area contributed by atoms with Crippen LogP contribution in [0.1, 0.15) is 34.1 Å². The van der Waals surface area contributed by atoms with Gasteiger partial charge in [-0.1, -0.05) is 0 Å². The SMILES string of the molecule is CCOC(=O)/C=C\C(=O)OCCC(=O)OC(=O)C(C)(C)C. The van der Waals surface area contributed by atoms with E-state index in [1.165, 1.54) is 0 Å². The summed E-state index contributed by atoms with van der Waals surface area (Å²) in [4.78, 5) is 44.8. The lowest BCUT2D eigenvalue weighted by molar-refractivity contribution is -0.166. The molecule has 7 heteroatoms. The van der Waals surface area contributed by atoms with Crippen molar-refractivity contribution in [3.05, 3.63) is 12.2 Å². The van der Waals surface area contributed by atoms with Gasteiger partial charge < -0.3 is 14.2 Å². The molecule has 0 aromatic carbocycles. The fourth-order valence-corrected chi connectivity index (χ4v) is 0.917. The van der Waals surface area contributed by atoms with E-state index in [0.29, 0.717) is 0 Å². The van der Waals surface area contributed by atoms with Crippen molar-refractivity contribution in [2.75, 3.05) is 13.2 Å². The highest BCUT2D eigenvalue weighted by atomic mass is 16.6. The van der Waals surface area contributed by atoms with Gasteiger partial charge in [0, 0.05) is 12.2 Å². The molecule has 0 radical (unpaired) electrons. The van der Waals surface area contributed by atoms with Crippen LogP contribution in [0.5, 0.6) is 0 Å². The Balaban J connectivity index is 3.99. The quantitative estimate of drug-likeness (QED) is 0.314. The molecular formula is C14H20O7. The number of hydrogen-bond donors (Lipinski definition) is 0. The Labute approximate surface area is 123 Å². The van der Waals surface area contributed by atoms with E-state index in [9.17, 15) is 19.2 Å². The molecule has 0 rings (SSSR count). The Hall–Kier alpha value is -2.18. The lowest BCUT2D eigenvalue weighted by Gasteiger charge is -2.15. The van der Waals surface area contributed by atoms with Crippen molar-refractivity contribution in [1.29, 1.82) is 0 Å². The zero-order chi connectivity index (χ0) is 16.5. The standard InChI is InChI=1S/C14H20O7/c1-5-19-10(15)6-7-11(16)20-9-8-12(17)21-13(18)14(2,3)4/h6-7H,5,8-9H2,1-4H3/b7-6-. The molecule has 0 N–H and O–H groups in total. The summed E-state index contributed by atoms with van der Waals surface area (Å²) in [5.41, 5.74) is -0.783. The highest BCUT2D eigenvalue weighted by Crippen LogP contribution is 2.15. The summed E-state index contributed by atoms with van der Waals surface area (Å²) in [6, 6.07) is 0. The van der Waals surface area contributed by atoms with E-state index in [2.05, 4.69) is 14.2 Å². The number of carbonyl (C=O) groups excluding carboxylic acids is 4. The first kappa shape index (κ1) is 18.8. The number of carbonyl (C=O) groups is 4. The molecule has 0 aliphatic carbocycles. The first-order chi connectivity index (χ1) is 9.66. The van der Waals surface area contributed by atoms with E-state index in [4.69, 9.17) is 0 Å². The third-order valence-electron chi connectivity index (χ3n) is 2.01. The highest BCUT2D eigenvalue weighted by Gasteiger charge is 2.25. The molecule has 0 aliphatic heterocycles. The molecule has 0 aliphatic rings. The van der Waals surface area contributed by atoms with Crippen LogP contribution in [0.25, 0.3) is 0 Å². The average Bonchev–Trinajstić information content (AvgIpc) is 2.35. The van der Waals surface area contributed by atoms with Gasteiger partial charge in [0.05, 0.1) is 18.4 Å². The molecule has 0 unspecified atom stereocenters. The number of hydrogen-bond acceptors (Lipinski definition) is 7. The van der Waals surface area contributed by atoms with Crippen LogP contribution >= 0.6 is 0 Å². The molecule has 118 valence electrons. The van der Waals surface area contributed by atoms with Gasteiger partial charge in [-0.15, -0.1) is 0 Å². The summed E-state index contributed by atoms with van der Waals surface area (Å²) in [5, 5.41) is 0. The maximum absolute atomic E-state index is 11.4. The summed E-state index contributed by atoms with van der Waals surface area (Å²) < 4.78 is 13.8. The highest BCUT2D eigenvalue weighted by molar-refractivity contribution is 5.92. The Bertz CT molecular complexity index is 429. The van der Waals surface area contributed by atoms with Gasteiger partial charge in [-0.3, -0.25) is 9.59 Å². The molecule has 0 saturated carbocycles. The predicted octanol–water partition coefficient (Wildman–Crippen LogP) is 1.15. The molecule has 0 bridgehead atoms. The van der Waals surface area contributed by atoms with E-state index in [1.807, 2.05) is 0 Å². The van der Waals surface area contributed by atoms with E-state index in [1.54, 1.807) is 27.7 Å². The van der Waals surface area contributed by atoms with Gasteiger partial charge in [-0.05, 0) is 27.7 Å². The van der Waals surface area contributed by atoms with Gasteiger partial charge in [-0.2, -0.15) is 0 Å². The van der Waals surface area contributed by atoms with Crippen LogP contribution < -0.4 is 0 Å². The summed E-state index contributed by atoms with van der Waals surface area (Å²) in [7, 11) is 0. The zero-order valence-electron chi connectivity index (χ0n) is 12.6. The van der Waals surface area contributed by atoms with Gasteiger partial charge in [-0.25, -0.2) is 9.59 Å². The van der Waals surface area contributed by atoms with Crippen molar-refractivity contribution < 1.29 is 33.4 Å². The minimum atomic E-state index is -0.794. The molecular weight excluding hydrogens is 280 g/mol. The van der Waals surface area contributed by atoms with Crippen LogP contribution in [0.15, 0.2) is 12.2 Å².